The summed E-state index contributed by atoms with van der Waals surface area (Å²) in [6, 6.07) is 15.0. The summed E-state index contributed by atoms with van der Waals surface area (Å²) in [6.07, 6.45) is 4.58. The Balaban J connectivity index is 1.75. The van der Waals surface area contributed by atoms with E-state index in [-0.39, 0.29) is 0 Å². The highest BCUT2D eigenvalue weighted by molar-refractivity contribution is 5.83. The molecule has 1 saturated heterocycles. The Bertz CT molecular complexity index is 635. The number of aliphatic imine (C=N–C) groups is 1. The number of rotatable bonds is 3. The molecule has 2 aromatic carbocycles. The molecule has 1 aliphatic heterocycles. The molecule has 2 nitrogen and oxygen atoms in total. The first kappa shape index (κ1) is 13.9. The smallest absolute Gasteiger partial charge is 0.0661 e. The number of hydrogen-bond acceptors (Lipinski definition) is 2. The van der Waals surface area contributed by atoms with Gasteiger partial charge in [-0.1, -0.05) is 24.3 Å². The van der Waals surface area contributed by atoms with E-state index in [2.05, 4.69) is 66.2 Å². The normalized spacial score (nSPS) is 15.0. The quantitative estimate of drug-likeness (QED) is 0.746. The van der Waals surface area contributed by atoms with Gasteiger partial charge in [0.1, 0.15) is 0 Å². The number of hydrogen-bond donors (Lipinski definition) is 0. The predicted molar refractivity (Wildman–Crippen MR) is 91.1 cm³/mol. The lowest BCUT2D eigenvalue weighted by molar-refractivity contribution is 0.949. The molecular weight excluding hydrogens is 256 g/mol. The van der Waals surface area contributed by atoms with Crippen LogP contribution in [0.5, 0.6) is 0 Å². The minimum absolute atomic E-state index is 1.05. The monoisotopic (exact) mass is 278 g/mol. The fourth-order valence-corrected chi connectivity index (χ4v) is 2.77. The van der Waals surface area contributed by atoms with E-state index in [0.29, 0.717) is 0 Å². The van der Waals surface area contributed by atoms with Gasteiger partial charge in [0, 0.05) is 25.0 Å². The Morgan fingerprint density at radius 3 is 2.38 bits per heavy atom. The van der Waals surface area contributed by atoms with Crippen LogP contribution in [-0.2, 0) is 0 Å². The van der Waals surface area contributed by atoms with Crippen LogP contribution < -0.4 is 4.90 Å². The van der Waals surface area contributed by atoms with Crippen molar-refractivity contribution < 1.29 is 0 Å². The average Bonchev–Trinajstić information content (AvgIpc) is 3.04. The van der Waals surface area contributed by atoms with Crippen molar-refractivity contribution in [3.05, 3.63) is 59.2 Å². The van der Waals surface area contributed by atoms with Crippen LogP contribution in [-0.4, -0.2) is 19.3 Å². The van der Waals surface area contributed by atoms with Gasteiger partial charge in [-0.3, -0.25) is 4.99 Å². The fourth-order valence-electron chi connectivity index (χ4n) is 2.77. The summed E-state index contributed by atoms with van der Waals surface area (Å²) in [6.45, 7) is 6.63. The van der Waals surface area contributed by atoms with Crippen molar-refractivity contribution in [1.29, 1.82) is 0 Å². The van der Waals surface area contributed by atoms with E-state index in [9.17, 15) is 0 Å². The van der Waals surface area contributed by atoms with Crippen molar-refractivity contribution in [2.75, 3.05) is 18.0 Å². The maximum atomic E-state index is 4.63. The zero-order valence-corrected chi connectivity index (χ0v) is 12.8. The van der Waals surface area contributed by atoms with E-state index >= 15 is 0 Å². The highest BCUT2D eigenvalue weighted by atomic mass is 15.1. The lowest BCUT2D eigenvalue weighted by Crippen LogP contribution is -2.17. The van der Waals surface area contributed by atoms with Crippen LogP contribution in [0.2, 0.25) is 0 Å². The molecular formula is C19H22N2. The van der Waals surface area contributed by atoms with Gasteiger partial charge in [0.25, 0.3) is 0 Å². The van der Waals surface area contributed by atoms with Crippen LogP contribution in [0.3, 0.4) is 0 Å². The molecule has 0 aliphatic carbocycles. The van der Waals surface area contributed by atoms with Gasteiger partial charge < -0.3 is 4.90 Å². The Labute approximate surface area is 127 Å². The first-order valence-electron chi connectivity index (χ1n) is 7.69. The van der Waals surface area contributed by atoms with Crippen LogP contribution in [0.1, 0.15) is 29.5 Å². The molecule has 108 valence electrons. The third kappa shape index (κ3) is 3.15. The first-order chi connectivity index (χ1) is 10.2. The van der Waals surface area contributed by atoms with E-state index in [0.717, 1.165) is 11.3 Å². The number of nitrogens with zero attached hydrogens (tertiary/aromatic N) is 2. The van der Waals surface area contributed by atoms with Gasteiger partial charge >= 0.3 is 0 Å². The summed E-state index contributed by atoms with van der Waals surface area (Å²) in [5.74, 6) is 0. The molecule has 0 amide bonds. The highest BCUT2D eigenvalue weighted by Crippen LogP contribution is 2.22. The van der Waals surface area contributed by atoms with Gasteiger partial charge in [-0.05, 0) is 61.6 Å². The van der Waals surface area contributed by atoms with E-state index < -0.39 is 0 Å². The Hall–Kier alpha value is -2.09. The van der Waals surface area contributed by atoms with Crippen molar-refractivity contribution in [2.45, 2.75) is 26.7 Å². The van der Waals surface area contributed by atoms with Gasteiger partial charge in [-0.15, -0.1) is 0 Å². The number of aryl methyl sites for hydroxylation is 1. The van der Waals surface area contributed by atoms with Crippen molar-refractivity contribution in [3.8, 4) is 0 Å². The van der Waals surface area contributed by atoms with E-state index in [1.54, 1.807) is 0 Å². The van der Waals surface area contributed by atoms with Gasteiger partial charge in [0.2, 0.25) is 0 Å². The standard InChI is InChI=1S/C19H22N2/c1-15-6-5-7-19(16(15)2)20-14-17-8-10-18(11-9-17)21-12-3-4-13-21/h5-11,14H,3-4,12-13H2,1-2H3. The van der Waals surface area contributed by atoms with Gasteiger partial charge in [-0.25, -0.2) is 0 Å². The fraction of sp³-hybridized carbons (Fsp3) is 0.316. The van der Waals surface area contributed by atoms with Crippen molar-refractivity contribution >= 4 is 17.6 Å². The second-order valence-electron chi connectivity index (χ2n) is 5.76. The van der Waals surface area contributed by atoms with E-state index in [1.165, 1.54) is 42.7 Å². The Kier molecular flexibility index (Phi) is 4.05. The molecule has 0 unspecified atom stereocenters. The van der Waals surface area contributed by atoms with Crippen molar-refractivity contribution in [2.24, 2.45) is 4.99 Å². The number of benzene rings is 2. The lowest BCUT2D eigenvalue weighted by Gasteiger charge is -2.17. The van der Waals surface area contributed by atoms with Crippen LogP contribution in [0.4, 0.5) is 11.4 Å². The van der Waals surface area contributed by atoms with Gasteiger partial charge in [0.05, 0.1) is 5.69 Å². The Morgan fingerprint density at radius 2 is 1.67 bits per heavy atom. The molecule has 0 radical (unpaired) electrons. The average molecular weight is 278 g/mol. The molecule has 0 atom stereocenters. The van der Waals surface area contributed by atoms with Crippen molar-refractivity contribution in [1.82, 2.24) is 0 Å². The van der Waals surface area contributed by atoms with Crippen LogP contribution in [0.15, 0.2) is 47.5 Å². The Morgan fingerprint density at radius 1 is 0.952 bits per heavy atom. The molecule has 1 heterocycles. The van der Waals surface area contributed by atoms with E-state index in [4.69, 9.17) is 0 Å². The maximum Gasteiger partial charge on any atom is 0.0661 e. The molecule has 0 bridgehead atoms. The zero-order chi connectivity index (χ0) is 14.7. The molecule has 0 saturated carbocycles. The molecule has 21 heavy (non-hydrogen) atoms. The summed E-state index contributed by atoms with van der Waals surface area (Å²) in [5, 5.41) is 0. The van der Waals surface area contributed by atoms with Crippen molar-refractivity contribution in [3.63, 3.8) is 0 Å². The van der Waals surface area contributed by atoms with Crippen LogP contribution >= 0.6 is 0 Å². The summed E-state index contributed by atoms with van der Waals surface area (Å²) >= 11 is 0. The minimum Gasteiger partial charge on any atom is -0.372 e. The predicted octanol–water partition coefficient (Wildman–Crippen LogP) is 4.65. The topological polar surface area (TPSA) is 15.6 Å². The molecule has 2 heteroatoms. The summed E-state index contributed by atoms with van der Waals surface area (Å²) in [7, 11) is 0. The van der Waals surface area contributed by atoms with E-state index in [1.807, 2.05) is 6.21 Å². The molecule has 0 N–H and O–H groups in total. The molecule has 2 aromatic rings. The summed E-state index contributed by atoms with van der Waals surface area (Å²) in [4.78, 5) is 7.08. The van der Waals surface area contributed by atoms with Gasteiger partial charge in [0.15, 0.2) is 0 Å². The third-order valence-corrected chi connectivity index (χ3v) is 4.29. The molecule has 1 fully saturated rings. The maximum absolute atomic E-state index is 4.63. The first-order valence-corrected chi connectivity index (χ1v) is 7.69. The lowest BCUT2D eigenvalue weighted by atomic mass is 10.1. The SMILES string of the molecule is Cc1cccc(N=Cc2ccc(N3CCCC3)cc2)c1C. The number of anilines is 1. The minimum atomic E-state index is 1.05. The molecule has 3 rings (SSSR count). The zero-order valence-electron chi connectivity index (χ0n) is 12.8. The largest absolute Gasteiger partial charge is 0.372 e. The molecule has 0 spiro atoms. The second-order valence-corrected chi connectivity index (χ2v) is 5.76. The molecule has 1 aliphatic rings. The summed E-state index contributed by atoms with van der Waals surface area (Å²) < 4.78 is 0. The van der Waals surface area contributed by atoms with Crippen LogP contribution in [0.25, 0.3) is 0 Å². The molecule has 0 aromatic heterocycles. The third-order valence-electron chi connectivity index (χ3n) is 4.29. The highest BCUT2D eigenvalue weighted by Gasteiger charge is 2.11. The second kappa shape index (κ2) is 6.13. The summed E-state index contributed by atoms with van der Waals surface area (Å²) in [5.41, 5.74) is 6.07. The van der Waals surface area contributed by atoms with Crippen LogP contribution in [0, 0.1) is 13.8 Å². The van der Waals surface area contributed by atoms with Gasteiger partial charge in [-0.2, -0.15) is 0 Å².